The van der Waals surface area contributed by atoms with Crippen molar-refractivity contribution in [2.24, 2.45) is 0 Å². The first-order valence-electron chi connectivity index (χ1n) is 9.41. The number of ether oxygens (including phenoxy) is 1. The second-order valence-corrected chi connectivity index (χ2v) is 7.89. The van der Waals surface area contributed by atoms with Gasteiger partial charge in [-0.2, -0.15) is 0 Å². The average Bonchev–Trinajstić information content (AvgIpc) is 3.16. The van der Waals surface area contributed by atoms with Crippen molar-refractivity contribution in [3.63, 3.8) is 0 Å². The fourth-order valence-corrected chi connectivity index (χ4v) is 4.36. The fraction of sp³-hybridized carbons (Fsp3) is 0.333. The molecule has 1 aromatic heterocycles. The summed E-state index contributed by atoms with van der Waals surface area (Å²) in [7, 11) is 1.61. The molecule has 3 aromatic rings. The molecule has 0 aliphatic heterocycles. The number of rotatable bonds is 8. The van der Waals surface area contributed by atoms with Gasteiger partial charge in [0, 0.05) is 5.56 Å². The molecule has 0 aliphatic carbocycles. The Morgan fingerprint density at radius 3 is 2.50 bits per heavy atom. The van der Waals surface area contributed by atoms with Gasteiger partial charge < -0.3 is 9.64 Å². The van der Waals surface area contributed by atoms with Crippen LogP contribution in [0.1, 0.15) is 24.2 Å². The highest BCUT2D eigenvalue weighted by molar-refractivity contribution is 7.22. The molecule has 0 saturated carbocycles. The topological polar surface area (TPSA) is 46.9 Å². The Labute approximate surface area is 174 Å². The molecule has 0 saturated heterocycles. The number of carbonyl (C=O) groups is 1. The molecule has 1 heterocycles. The Kier molecular flexibility index (Phi) is 6.88. The minimum atomic E-state index is -0.0654. The number of thiazole rings is 1. The standard InChI is InChI=1S/C21H24ClN3O2S/c1-4-24(5-2)13-14-25(20(26)15-9-11-16(27-3)12-10-15)21-23-19-17(22)7-6-8-18(19)28-21/h6-12H,4-5,13-14H2,1-3H3/p+1. The van der Waals surface area contributed by atoms with Crippen molar-refractivity contribution in [2.75, 3.05) is 38.2 Å². The number of quaternary nitrogens is 1. The third-order valence-corrected chi connectivity index (χ3v) is 6.21. The number of para-hydroxylation sites is 1. The lowest BCUT2D eigenvalue weighted by atomic mass is 10.2. The summed E-state index contributed by atoms with van der Waals surface area (Å²) in [5.41, 5.74) is 1.35. The number of fused-ring (bicyclic) bond motifs is 1. The van der Waals surface area contributed by atoms with E-state index in [0.29, 0.717) is 22.3 Å². The summed E-state index contributed by atoms with van der Waals surface area (Å²) in [5, 5.41) is 1.28. The molecule has 0 spiro atoms. The molecular weight excluding hydrogens is 394 g/mol. The summed E-state index contributed by atoms with van der Waals surface area (Å²) in [4.78, 5) is 21.2. The van der Waals surface area contributed by atoms with Crippen molar-refractivity contribution < 1.29 is 14.4 Å². The summed E-state index contributed by atoms with van der Waals surface area (Å²) in [5.74, 6) is 0.659. The van der Waals surface area contributed by atoms with E-state index < -0.39 is 0 Å². The molecule has 0 fully saturated rings. The van der Waals surface area contributed by atoms with E-state index in [1.165, 1.54) is 16.2 Å². The molecule has 1 amide bonds. The van der Waals surface area contributed by atoms with Crippen LogP contribution < -0.4 is 14.5 Å². The second kappa shape index (κ2) is 9.37. The average molecular weight is 419 g/mol. The second-order valence-electron chi connectivity index (χ2n) is 6.48. The molecule has 0 atom stereocenters. The number of likely N-dealkylation sites (N-methyl/N-ethyl adjacent to an activating group) is 1. The van der Waals surface area contributed by atoms with Gasteiger partial charge in [-0.25, -0.2) is 4.98 Å². The van der Waals surface area contributed by atoms with Crippen LogP contribution in [-0.4, -0.2) is 44.2 Å². The number of benzene rings is 2. The molecule has 5 nitrogen and oxygen atoms in total. The maximum absolute atomic E-state index is 13.3. The van der Waals surface area contributed by atoms with E-state index in [4.69, 9.17) is 16.3 Å². The van der Waals surface area contributed by atoms with Gasteiger partial charge in [-0.15, -0.1) is 0 Å². The van der Waals surface area contributed by atoms with Gasteiger partial charge in [-0.05, 0) is 50.2 Å². The van der Waals surface area contributed by atoms with Gasteiger partial charge in [0.25, 0.3) is 5.91 Å². The number of halogens is 1. The number of aromatic nitrogens is 1. The number of carbonyl (C=O) groups excluding carboxylic acids is 1. The number of amides is 1. The normalized spacial score (nSPS) is 11.2. The van der Waals surface area contributed by atoms with Crippen molar-refractivity contribution in [2.45, 2.75) is 13.8 Å². The van der Waals surface area contributed by atoms with Gasteiger partial charge in [0.1, 0.15) is 11.3 Å². The lowest BCUT2D eigenvalue weighted by Crippen LogP contribution is -3.12. The van der Waals surface area contributed by atoms with Crippen molar-refractivity contribution in [1.29, 1.82) is 0 Å². The zero-order valence-electron chi connectivity index (χ0n) is 16.4. The van der Waals surface area contributed by atoms with Crippen LogP contribution in [0.5, 0.6) is 5.75 Å². The molecule has 1 N–H and O–H groups in total. The quantitative estimate of drug-likeness (QED) is 0.608. The number of nitrogens with one attached hydrogen (secondary N) is 1. The summed E-state index contributed by atoms with van der Waals surface area (Å²) in [6, 6.07) is 12.9. The van der Waals surface area contributed by atoms with Gasteiger partial charge >= 0.3 is 0 Å². The first-order chi connectivity index (χ1) is 13.6. The third-order valence-electron chi connectivity index (χ3n) is 4.86. The summed E-state index contributed by atoms with van der Waals surface area (Å²) in [6.45, 7) is 7.81. The predicted octanol–water partition coefficient (Wildman–Crippen LogP) is 3.53. The van der Waals surface area contributed by atoms with Crippen molar-refractivity contribution in [3.8, 4) is 5.75 Å². The molecule has 148 valence electrons. The maximum atomic E-state index is 13.3. The Morgan fingerprint density at radius 1 is 1.18 bits per heavy atom. The number of methoxy groups -OCH3 is 1. The molecule has 0 radical (unpaired) electrons. The van der Waals surface area contributed by atoms with Gasteiger partial charge in [0.05, 0.1) is 43.0 Å². The summed E-state index contributed by atoms with van der Waals surface area (Å²) < 4.78 is 6.18. The molecule has 0 aliphatic rings. The predicted molar refractivity (Wildman–Crippen MR) is 116 cm³/mol. The Hall–Kier alpha value is -2.15. The Balaban J connectivity index is 1.95. The monoisotopic (exact) mass is 418 g/mol. The van der Waals surface area contributed by atoms with E-state index in [0.717, 1.165) is 35.6 Å². The third kappa shape index (κ3) is 4.46. The van der Waals surface area contributed by atoms with E-state index >= 15 is 0 Å². The van der Waals surface area contributed by atoms with Crippen molar-refractivity contribution >= 4 is 44.2 Å². The first kappa shape index (κ1) is 20.6. The zero-order valence-corrected chi connectivity index (χ0v) is 17.9. The van der Waals surface area contributed by atoms with Crippen LogP contribution in [0.4, 0.5) is 5.13 Å². The SMILES string of the molecule is CC[NH+](CC)CCN(C(=O)c1ccc(OC)cc1)c1nc2c(Cl)cccc2s1. The van der Waals surface area contributed by atoms with Gasteiger partial charge in [-0.3, -0.25) is 9.69 Å². The minimum absolute atomic E-state index is 0.0654. The van der Waals surface area contributed by atoms with Crippen LogP contribution in [0, 0.1) is 0 Å². The van der Waals surface area contributed by atoms with Crippen LogP contribution in [-0.2, 0) is 0 Å². The zero-order chi connectivity index (χ0) is 20.1. The van der Waals surface area contributed by atoms with E-state index in [9.17, 15) is 4.79 Å². The number of nitrogens with zero attached hydrogens (tertiary/aromatic N) is 2. The lowest BCUT2D eigenvalue weighted by molar-refractivity contribution is -0.894. The first-order valence-corrected chi connectivity index (χ1v) is 10.6. The van der Waals surface area contributed by atoms with E-state index in [-0.39, 0.29) is 5.91 Å². The maximum Gasteiger partial charge on any atom is 0.260 e. The molecule has 0 bridgehead atoms. The molecule has 2 aromatic carbocycles. The molecule has 0 unspecified atom stereocenters. The van der Waals surface area contributed by atoms with Crippen LogP contribution in [0.2, 0.25) is 5.02 Å². The van der Waals surface area contributed by atoms with E-state index in [2.05, 4.69) is 18.8 Å². The van der Waals surface area contributed by atoms with Crippen molar-refractivity contribution in [3.05, 3.63) is 53.1 Å². The fourth-order valence-electron chi connectivity index (χ4n) is 3.07. The van der Waals surface area contributed by atoms with Crippen LogP contribution in [0.25, 0.3) is 10.2 Å². The van der Waals surface area contributed by atoms with Gasteiger partial charge in [-0.1, -0.05) is 29.0 Å². The molecule has 3 rings (SSSR count). The molecule has 28 heavy (non-hydrogen) atoms. The highest BCUT2D eigenvalue weighted by Crippen LogP contribution is 2.33. The number of anilines is 1. The van der Waals surface area contributed by atoms with Gasteiger partial charge in [0.15, 0.2) is 5.13 Å². The number of hydrogen-bond donors (Lipinski definition) is 1. The lowest BCUT2D eigenvalue weighted by Gasteiger charge is -2.23. The van der Waals surface area contributed by atoms with E-state index in [1.807, 2.05) is 18.2 Å². The highest BCUT2D eigenvalue weighted by atomic mass is 35.5. The molecular formula is C21H25ClN3O2S+. The number of hydrogen-bond acceptors (Lipinski definition) is 4. The molecule has 7 heteroatoms. The summed E-state index contributed by atoms with van der Waals surface area (Å²) >= 11 is 7.79. The highest BCUT2D eigenvalue weighted by Gasteiger charge is 2.23. The van der Waals surface area contributed by atoms with Crippen LogP contribution in [0.15, 0.2) is 42.5 Å². The summed E-state index contributed by atoms with van der Waals surface area (Å²) in [6.07, 6.45) is 0. The van der Waals surface area contributed by atoms with Crippen molar-refractivity contribution in [1.82, 2.24) is 4.98 Å². The van der Waals surface area contributed by atoms with Crippen LogP contribution in [0.3, 0.4) is 0 Å². The van der Waals surface area contributed by atoms with E-state index in [1.54, 1.807) is 36.3 Å². The smallest absolute Gasteiger partial charge is 0.260 e. The Morgan fingerprint density at radius 2 is 1.89 bits per heavy atom. The van der Waals surface area contributed by atoms with Gasteiger partial charge in [0.2, 0.25) is 0 Å². The largest absolute Gasteiger partial charge is 0.497 e. The minimum Gasteiger partial charge on any atom is -0.497 e. The van der Waals surface area contributed by atoms with Crippen LogP contribution >= 0.6 is 22.9 Å². The Bertz CT molecular complexity index is 938.